The second-order valence-electron chi connectivity index (χ2n) is 7.96. The van der Waals surface area contributed by atoms with E-state index in [4.69, 9.17) is 0 Å². The first kappa shape index (κ1) is 29.9. The Morgan fingerprint density at radius 2 is 0.920 bits per heavy atom. The van der Waals surface area contributed by atoms with Gasteiger partial charge in [0, 0.05) is 22.8 Å². The van der Waals surface area contributed by atoms with Crippen LogP contribution in [0.25, 0.3) is 0 Å². The number of unbranched alkanes of at least 4 members (excludes halogenated alkanes) is 6. The SMILES string of the molecule is CCCCCCC(C)(C)C(=O)[O-].CCCCCCC(C)(C)C(=O)[O-].[Ca+2]. The van der Waals surface area contributed by atoms with E-state index in [9.17, 15) is 19.8 Å². The number of carbonyl (C=O) groups is 2. The Hall–Kier alpha value is 0.200. The minimum atomic E-state index is -0.931. The van der Waals surface area contributed by atoms with Crippen LogP contribution in [-0.4, -0.2) is 49.7 Å². The van der Waals surface area contributed by atoms with Gasteiger partial charge in [-0.05, 0) is 12.8 Å². The van der Waals surface area contributed by atoms with E-state index in [0.29, 0.717) is 0 Å². The quantitative estimate of drug-likeness (QED) is 0.384. The molecule has 0 radical (unpaired) electrons. The number of carboxylic acids is 2. The Balaban J connectivity index is -0.000000372. The van der Waals surface area contributed by atoms with Gasteiger partial charge in [-0.25, -0.2) is 0 Å². The van der Waals surface area contributed by atoms with Gasteiger partial charge < -0.3 is 19.8 Å². The molecule has 0 amide bonds. The summed E-state index contributed by atoms with van der Waals surface area (Å²) in [6, 6.07) is 0. The smallest absolute Gasteiger partial charge is 0.550 e. The van der Waals surface area contributed by atoms with Crippen LogP contribution in [0.5, 0.6) is 0 Å². The summed E-state index contributed by atoms with van der Waals surface area (Å²) in [7, 11) is 0. The Labute approximate surface area is 185 Å². The van der Waals surface area contributed by atoms with E-state index in [0.717, 1.165) is 38.5 Å². The monoisotopic (exact) mass is 382 g/mol. The summed E-state index contributed by atoms with van der Waals surface area (Å²) in [4.78, 5) is 21.1. The minimum Gasteiger partial charge on any atom is -0.550 e. The van der Waals surface area contributed by atoms with Gasteiger partial charge in [0.05, 0.1) is 0 Å². The van der Waals surface area contributed by atoms with Gasteiger partial charge in [0.2, 0.25) is 0 Å². The molecule has 0 saturated carbocycles. The van der Waals surface area contributed by atoms with Crippen LogP contribution in [-0.2, 0) is 9.59 Å². The first-order valence-corrected chi connectivity index (χ1v) is 9.44. The van der Waals surface area contributed by atoms with Crippen LogP contribution in [0.3, 0.4) is 0 Å². The van der Waals surface area contributed by atoms with E-state index in [-0.39, 0.29) is 37.7 Å². The molecule has 4 nitrogen and oxygen atoms in total. The van der Waals surface area contributed by atoms with E-state index in [2.05, 4.69) is 13.8 Å². The second-order valence-corrected chi connectivity index (χ2v) is 7.96. The van der Waals surface area contributed by atoms with Crippen molar-refractivity contribution in [2.24, 2.45) is 10.8 Å². The van der Waals surface area contributed by atoms with Gasteiger partial charge in [0.25, 0.3) is 0 Å². The Kier molecular flexibility index (Phi) is 19.6. The Morgan fingerprint density at radius 3 is 1.12 bits per heavy atom. The molecule has 0 heterocycles. The molecule has 0 aromatic rings. The van der Waals surface area contributed by atoms with Crippen LogP contribution in [0.4, 0.5) is 0 Å². The first-order valence-electron chi connectivity index (χ1n) is 9.44. The van der Waals surface area contributed by atoms with E-state index in [1.165, 1.54) is 25.7 Å². The van der Waals surface area contributed by atoms with Crippen LogP contribution in [0.15, 0.2) is 0 Å². The van der Waals surface area contributed by atoms with Crippen molar-refractivity contribution in [2.75, 3.05) is 0 Å². The number of carboxylic acid groups (broad SMARTS) is 2. The van der Waals surface area contributed by atoms with Gasteiger partial charge in [-0.15, -0.1) is 0 Å². The van der Waals surface area contributed by atoms with Gasteiger partial charge >= 0.3 is 37.7 Å². The van der Waals surface area contributed by atoms with Crippen molar-refractivity contribution in [1.29, 1.82) is 0 Å². The van der Waals surface area contributed by atoms with Crippen LogP contribution >= 0.6 is 0 Å². The number of rotatable bonds is 12. The third kappa shape index (κ3) is 17.4. The fourth-order valence-corrected chi connectivity index (χ4v) is 2.19. The standard InChI is InChI=1S/2C10H20O2.Ca/c2*1-4-5-6-7-8-10(2,3)9(11)12;/h2*4-8H2,1-3H3,(H,11,12);/q;;+2/p-2. The molecule has 0 spiro atoms. The molecule has 0 aliphatic rings. The summed E-state index contributed by atoms with van der Waals surface area (Å²) in [5.41, 5.74) is -1.29. The van der Waals surface area contributed by atoms with Gasteiger partial charge in [-0.1, -0.05) is 92.9 Å². The second kappa shape index (κ2) is 16.4. The number of aliphatic carboxylic acids is 2. The van der Waals surface area contributed by atoms with Gasteiger partial charge in [-0.3, -0.25) is 0 Å². The van der Waals surface area contributed by atoms with Crippen molar-refractivity contribution < 1.29 is 19.8 Å². The molecule has 0 unspecified atom stereocenters. The number of hydrogen-bond acceptors (Lipinski definition) is 4. The Bertz CT molecular complexity index is 318. The molecule has 0 atom stereocenters. The average molecular weight is 383 g/mol. The van der Waals surface area contributed by atoms with E-state index in [1.807, 2.05) is 0 Å². The van der Waals surface area contributed by atoms with E-state index < -0.39 is 22.8 Å². The fourth-order valence-electron chi connectivity index (χ4n) is 2.19. The summed E-state index contributed by atoms with van der Waals surface area (Å²) in [5.74, 6) is -1.86. The van der Waals surface area contributed by atoms with Gasteiger partial charge in [0.1, 0.15) is 0 Å². The summed E-state index contributed by atoms with van der Waals surface area (Å²) in [6.07, 6.45) is 10.5. The van der Waals surface area contributed by atoms with Crippen LogP contribution < -0.4 is 10.2 Å². The molecular formula is C20H38CaO4. The third-order valence-corrected chi connectivity index (χ3v) is 4.42. The summed E-state index contributed by atoms with van der Waals surface area (Å²) in [5, 5.41) is 21.1. The normalized spacial score (nSPS) is 11.1. The predicted molar refractivity (Wildman–Crippen MR) is 101 cm³/mol. The van der Waals surface area contributed by atoms with Crippen molar-refractivity contribution in [1.82, 2.24) is 0 Å². The summed E-state index contributed by atoms with van der Waals surface area (Å²) < 4.78 is 0. The molecule has 0 N–H and O–H groups in total. The topological polar surface area (TPSA) is 80.3 Å². The van der Waals surface area contributed by atoms with Gasteiger partial charge in [0.15, 0.2) is 0 Å². The average Bonchev–Trinajstić information content (AvgIpc) is 2.48. The molecule has 0 bridgehead atoms. The summed E-state index contributed by atoms with van der Waals surface area (Å²) >= 11 is 0. The van der Waals surface area contributed by atoms with Gasteiger partial charge in [-0.2, -0.15) is 0 Å². The zero-order chi connectivity index (χ0) is 19.2. The molecule has 0 aromatic carbocycles. The maximum atomic E-state index is 10.6. The molecule has 144 valence electrons. The largest absolute Gasteiger partial charge is 2.00 e. The Morgan fingerprint density at radius 1 is 0.640 bits per heavy atom. The zero-order valence-corrected chi connectivity index (χ0v) is 19.6. The predicted octanol–water partition coefficient (Wildman–Crippen LogP) is 3.09. The molecule has 5 heteroatoms. The van der Waals surface area contributed by atoms with Crippen molar-refractivity contribution in [3.63, 3.8) is 0 Å². The molecule has 0 fully saturated rings. The van der Waals surface area contributed by atoms with Crippen molar-refractivity contribution >= 4 is 49.7 Å². The number of carbonyl (C=O) groups excluding carboxylic acids is 2. The zero-order valence-electron chi connectivity index (χ0n) is 17.4. The van der Waals surface area contributed by atoms with E-state index in [1.54, 1.807) is 27.7 Å². The van der Waals surface area contributed by atoms with E-state index >= 15 is 0 Å². The minimum absolute atomic E-state index is 0. The molecule has 25 heavy (non-hydrogen) atoms. The maximum absolute atomic E-state index is 10.6. The van der Waals surface area contributed by atoms with Crippen LogP contribution in [0.1, 0.15) is 106 Å². The van der Waals surface area contributed by atoms with Crippen molar-refractivity contribution in [2.45, 2.75) is 106 Å². The van der Waals surface area contributed by atoms with Crippen LogP contribution in [0.2, 0.25) is 0 Å². The van der Waals surface area contributed by atoms with Crippen molar-refractivity contribution in [3.05, 3.63) is 0 Å². The summed E-state index contributed by atoms with van der Waals surface area (Å²) in [6.45, 7) is 11.2. The maximum Gasteiger partial charge on any atom is 2.00 e. The molecule has 0 saturated heterocycles. The van der Waals surface area contributed by atoms with Crippen LogP contribution in [0, 0.1) is 10.8 Å². The van der Waals surface area contributed by atoms with Crippen molar-refractivity contribution in [3.8, 4) is 0 Å². The molecule has 0 aliphatic heterocycles. The fraction of sp³-hybridized carbons (Fsp3) is 0.900. The molecular weight excluding hydrogens is 344 g/mol. The first-order chi connectivity index (χ1) is 11.0. The number of hydrogen-bond donors (Lipinski definition) is 0. The molecule has 0 rings (SSSR count). The molecule has 0 aromatic heterocycles. The molecule has 0 aliphatic carbocycles. The third-order valence-electron chi connectivity index (χ3n) is 4.42.